The molecule has 52 valence electrons. The summed E-state index contributed by atoms with van der Waals surface area (Å²) in [5, 5.41) is -0.627. The molecule has 0 fully saturated rings. The predicted octanol–water partition coefficient (Wildman–Crippen LogP) is 0.887. The molecule has 1 atom stereocenters. The summed E-state index contributed by atoms with van der Waals surface area (Å²) in [5.41, 5.74) is 0. The van der Waals surface area contributed by atoms with Crippen LogP contribution in [0.5, 0.6) is 0 Å². The van der Waals surface area contributed by atoms with Crippen LogP contribution in [0.1, 0.15) is 6.92 Å². The molecule has 0 heterocycles. The first-order valence-electron chi connectivity index (χ1n) is 2.40. The Labute approximate surface area is 64.0 Å². The summed E-state index contributed by atoms with van der Waals surface area (Å²) in [5.74, 6) is -0.766. The van der Waals surface area contributed by atoms with Gasteiger partial charge in [-0.1, -0.05) is 0 Å². The van der Waals surface area contributed by atoms with E-state index in [1.807, 2.05) is 0 Å². The van der Waals surface area contributed by atoms with Crippen molar-refractivity contribution in [3.05, 3.63) is 0 Å². The molecule has 0 aliphatic heterocycles. The van der Waals surface area contributed by atoms with Gasteiger partial charge in [-0.3, -0.25) is 9.59 Å². The van der Waals surface area contributed by atoms with E-state index in [2.05, 4.69) is 12.6 Å². The zero-order valence-electron chi connectivity index (χ0n) is 4.93. The molecule has 0 aliphatic rings. The molecule has 0 bridgehead atoms. The number of halogens is 1. The van der Waals surface area contributed by atoms with E-state index < -0.39 is 11.2 Å². The van der Waals surface area contributed by atoms with Gasteiger partial charge in [-0.2, -0.15) is 12.6 Å². The number of thiol groups is 1. The van der Waals surface area contributed by atoms with Crippen molar-refractivity contribution < 1.29 is 9.59 Å². The fraction of sp³-hybridized carbons (Fsp3) is 0.600. The summed E-state index contributed by atoms with van der Waals surface area (Å²) < 4.78 is 0. The number of hydrogen-bond donors (Lipinski definition) is 1. The summed E-state index contributed by atoms with van der Waals surface area (Å²) in [7, 11) is 0. The summed E-state index contributed by atoms with van der Waals surface area (Å²) in [6.07, 6.45) is 0. The van der Waals surface area contributed by atoms with Gasteiger partial charge in [0.1, 0.15) is 11.7 Å². The molecule has 0 radical (unpaired) electrons. The molecule has 0 aromatic carbocycles. The molecule has 0 N–H and O–H groups in total. The molecular formula is C5H7ClO2S. The van der Waals surface area contributed by atoms with Crippen molar-refractivity contribution in [1.29, 1.82) is 0 Å². The zero-order valence-corrected chi connectivity index (χ0v) is 6.58. The Bertz CT molecular complexity index is 121. The molecule has 0 aromatic heterocycles. The van der Waals surface area contributed by atoms with Crippen LogP contribution in [0.3, 0.4) is 0 Å². The molecule has 0 amide bonds. The first-order chi connectivity index (χ1) is 4.09. The molecule has 0 unspecified atom stereocenters. The molecule has 9 heavy (non-hydrogen) atoms. The van der Waals surface area contributed by atoms with Gasteiger partial charge >= 0.3 is 0 Å². The summed E-state index contributed by atoms with van der Waals surface area (Å²) in [6.45, 7) is 1.32. The Morgan fingerprint density at radius 1 is 1.67 bits per heavy atom. The minimum absolute atomic E-state index is 0.192. The molecule has 4 heteroatoms. The summed E-state index contributed by atoms with van der Waals surface area (Å²) in [6, 6.07) is 0. The largest absolute Gasteiger partial charge is 0.299 e. The Morgan fingerprint density at radius 3 is 2.11 bits per heavy atom. The zero-order chi connectivity index (χ0) is 7.44. The summed E-state index contributed by atoms with van der Waals surface area (Å²) in [4.78, 5) is 20.8. The molecule has 0 aromatic rings. The normalized spacial score (nSPS) is 12.8. The number of Topliss-reactive ketones (excluding diaryl/α,β-unsaturated/α-hetero) is 1. The highest BCUT2D eigenvalue weighted by atomic mass is 35.5. The number of hydrogen-bond acceptors (Lipinski definition) is 3. The molecule has 0 saturated carbocycles. The molecular weight excluding hydrogens is 160 g/mol. The average molecular weight is 167 g/mol. The van der Waals surface area contributed by atoms with Gasteiger partial charge in [0.2, 0.25) is 5.24 Å². The van der Waals surface area contributed by atoms with E-state index in [-0.39, 0.29) is 11.5 Å². The van der Waals surface area contributed by atoms with Gasteiger partial charge in [0.15, 0.2) is 0 Å². The van der Waals surface area contributed by atoms with Gasteiger partial charge in [0.25, 0.3) is 0 Å². The lowest BCUT2D eigenvalue weighted by atomic mass is 10.1. The minimum atomic E-state index is -0.727. The lowest BCUT2D eigenvalue weighted by Crippen LogP contribution is -2.18. The minimum Gasteiger partial charge on any atom is -0.299 e. The van der Waals surface area contributed by atoms with E-state index in [1.165, 1.54) is 6.92 Å². The molecule has 0 rings (SSSR count). The maximum Gasteiger partial charge on any atom is 0.232 e. The monoisotopic (exact) mass is 166 g/mol. The Kier molecular flexibility index (Phi) is 3.89. The topological polar surface area (TPSA) is 34.1 Å². The second-order valence-corrected chi connectivity index (χ2v) is 2.39. The van der Waals surface area contributed by atoms with Crippen molar-refractivity contribution in [3.63, 3.8) is 0 Å². The third kappa shape index (κ3) is 2.87. The number of carbonyl (C=O) groups excluding carboxylic acids is 2. The highest BCUT2D eigenvalue weighted by molar-refractivity contribution is 7.80. The van der Waals surface area contributed by atoms with Crippen molar-refractivity contribution >= 4 is 35.3 Å². The smallest absolute Gasteiger partial charge is 0.232 e. The van der Waals surface area contributed by atoms with Crippen LogP contribution < -0.4 is 0 Å². The third-order valence-electron chi connectivity index (χ3n) is 0.947. The van der Waals surface area contributed by atoms with E-state index in [0.717, 1.165) is 0 Å². The number of ketones is 1. The van der Waals surface area contributed by atoms with Crippen LogP contribution in [0.4, 0.5) is 0 Å². The fourth-order valence-corrected chi connectivity index (χ4v) is 1.12. The van der Waals surface area contributed by atoms with Crippen molar-refractivity contribution in [2.24, 2.45) is 5.92 Å². The van der Waals surface area contributed by atoms with Gasteiger partial charge in [-0.25, -0.2) is 0 Å². The van der Waals surface area contributed by atoms with Gasteiger partial charge in [-0.05, 0) is 18.5 Å². The average Bonchev–Trinajstić information content (AvgIpc) is 1.64. The van der Waals surface area contributed by atoms with Crippen LogP contribution in [-0.2, 0) is 9.59 Å². The lowest BCUT2D eigenvalue weighted by molar-refractivity contribution is -0.126. The van der Waals surface area contributed by atoms with Crippen LogP contribution >= 0.6 is 24.2 Å². The van der Waals surface area contributed by atoms with Crippen LogP contribution in [0, 0.1) is 5.92 Å². The van der Waals surface area contributed by atoms with Gasteiger partial charge < -0.3 is 0 Å². The first kappa shape index (κ1) is 8.98. The van der Waals surface area contributed by atoms with Gasteiger partial charge in [0.05, 0.1) is 0 Å². The van der Waals surface area contributed by atoms with Crippen molar-refractivity contribution in [2.75, 3.05) is 5.75 Å². The Balaban J connectivity index is 3.99. The second-order valence-electron chi connectivity index (χ2n) is 1.65. The SMILES string of the molecule is CC(=O)[C@@H](CS)C(=O)Cl. The van der Waals surface area contributed by atoms with Crippen molar-refractivity contribution in [3.8, 4) is 0 Å². The maximum absolute atomic E-state index is 10.5. The molecule has 0 saturated heterocycles. The van der Waals surface area contributed by atoms with Crippen LogP contribution in [-0.4, -0.2) is 16.8 Å². The highest BCUT2D eigenvalue weighted by Gasteiger charge is 2.18. The number of carbonyl (C=O) groups is 2. The molecule has 0 spiro atoms. The van der Waals surface area contributed by atoms with Crippen LogP contribution in [0.25, 0.3) is 0 Å². The summed E-state index contributed by atoms with van der Waals surface area (Å²) >= 11 is 8.80. The second kappa shape index (κ2) is 3.90. The Hall–Kier alpha value is -0.0200. The van der Waals surface area contributed by atoms with Gasteiger partial charge in [0, 0.05) is 5.75 Å². The third-order valence-corrected chi connectivity index (χ3v) is 1.58. The first-order valence-corrected chi connectivity index (χ1v) is 3.41. The van der Waals surface area contributed by atoms with Gasteiger partial charge in [-0.15, -0.1) is 0 Å². The quantitative estimate of drug-likeness (QED) is 0.384. The van der Waals surface area contributed by atoms with E-state index >= 15 is 0 Å². The molecule has 0 aliphatic carbocycles. The van der Waals surface area contributed by atoms with E-state index in [4.69, 9.17) is 11.6 Å². The van der Waals surface area contributed by atoms with Crippen molar-refractivity contribution in [1.82, 2.24) is 0 Å². The standard InChI is InChI=1S/C5H7ClO2S/c1-3(7)4(2-9)5(6)8/h4,9H,2H2,1H3/t4-/m1/s1. The van der Waals surface area contributed by atoms with E-state index in [9.17, 15) is 9.59 Å². The van der Waals surface area contributed by atoms with E-state index in [0.29, 0.717) is 0 Å². The van der Waals surface area contributed by atoms with Crippen molar-refractivity contribution in [2.45, 2.75) is 6.92 Å². The lowest BCUT2D eigenvalue weighted by Gasteiger charge is -2.01. The predicted molar refractivity (Wildman–Crippen MR) is 38.9 cm³/mol. The highest BCUT2D eigenvalue weighted by Crippen LogP contribution is 2.04. The molecule has 2 nitrogen and oxygen atoms in total. The van der Waals surface area contributed by atoms with E-state index in [1.54, 1.807) is 0 Å². The maximum atomic E-state index is 10.5. The fourth-order valence-electron chi connectivity index (χ4n) is 0.360. The van der Waals surface area contributed by atoms with Crippen LogP contribution in [0.15, 0.2) is 0 Å². The van der Waals surface area contributed by atoms with Crippen LogP contribution in [0.2, 0.25) is 0 Å². The number of rotatable bonds is 3. The Morgan fingerprint density at radius 2 is 2.11 bits per heavy atom.